The first-order chi connectivity index (χ1) is 9.70. The minimum atomic E-state index is 0.0490. The lowest BCUT2D eigenvalue weighted by molar-refractivity contribution is 0.364. The van der Waals surface area contributed by atoms with E-state index in [1.807, 2.05) is 55.5 Å². The van der Waals surface area contributed by atoms with Gasteiger partial charge in [-0.25, -0.2) is 0 Å². The predicted molar refractivity (Wildman–Crippen MR) is 81.1 cm³/mol. The van der Waals surface area contributed by atoms with Gasteiger partial charge in [0.2, 0.25) is 0 Å². The maximum absolute atomic E-state index is 8.58. The molecule has 2 aromatic carbocycles. The molecule has 0 aliphatic rings. The summed E-state index contributed by atoms with van der Waals surface area (Å²) in [6, 6.07) is 15.5. The van der Waals surface area contributed by atoms with E-state index >= 15 is 0 Å². The fourth-order valence-electron chi connectivity index (χ4n) is 1.80. The van der Waals surface area contributed by atoms with Crippen molar-refractivity contribution in [3.63, 3.8) is 0 Å². The molecular formula is C16H15ClN2O. The van der Waals surface area contributed by atoms with Gasteiger partial charge in [0.1, 0.15) is 11.8 Å². The number of anilines is 1. The van der Waals surface area contributed by atoms with Crippen molar-refractivity contribution in [1.82, 2.24) is 0 Å². The highest BCUT2D eigenvalue weighted by Crippen LogP contribution is 2.22. The Balaban J connectivity index is 2.06. The molecule has 20 heavy (non-hydrogen) atoms. The molecule has 0 bridgehead atoms. The van der Waals surface area contributed by atoms with Crippen molar-refractivity contribution in [2.75, 3.05) is 11.9 Å². The monoisotopic (exact) mass is 286 g/mol. The van der Waals surface area contributed by atoms with Crippen LogP contribution < -0.4 is 10.1 Å². The van der Waals surface area contributed by atoms with Crippen molar-refractivity contribution in [3.05, 3.63) is 58.6 Å². The van der Waals surface area contributed by atoms with Crippen LogP contribution in [0.4, 0.5) is 5.69 Å². The Hall–Kier alpha value is -2.18. The van der Waals surface area contributed by atoms with Crippen LogP contribution in [0.1, 0.15) is 11.1 Å². The van der Waals surface area contributed by atoms with Crippen molar-refractivity contribution in [1.29, 1.82) is 5.26 Å². The molecule has 1 N–H and O–H groups in total. The summed E-state index contributed by atoms with van der Waals surface area (Å²) in [5.74, 6) is 0.722. The molecule has 0 saturated carbocycles. The quantitative estimate of drug-likeness (QED) is 0.897. The Morgan fingerprint density at radius 1 is 1.25 bits per heavy atom. The molecule has 102 valence electrons. The van der Waals surface area contributed by atoms with E-state index in [2.05, 4.69) is 5.32 Å². The highest BCUT2D eigenvalue weighted by atomic mass is 35.5. The van der Waals surface area contributed by atoms with Gasteiger partial charge < -0.3 is 10.1 Å². The fraction of sp³-hybridized carbons (Fsp3) is 0.188. The minimum Gasteiger partial charge on any atom is -0.478 e. The summed E-state index contributed by atoms with van der Waals surface area (Å²) < 4.78 is 5.39. The topological polar surface area (TPSA) is 45.0 Å². The average molecular weight is 287 g/mol. The first-order valence-electron chi connectivity index (χ1n) is 6.28. The number of benzene rings is 2. The van der Waals surface area contributed by atoms with Gasteiger partial charge in [0, 0.05) is 22.8 Å². The van der Waals surface area contributed by atoms with Crippen LogP contribution in [0.15, 0.2) is 42.5 Å². The SMILES string of the molecule is Cc1ccc(NCc2ccccc2OCC#N)cc1Cl. The molecule has 0 amide bonds. The van der Waals surface area contributed by atoms with E-state index < -0.39 is 0 Å². The zero-order valence-corrected chi connectivity index (χ0v) is 11.9. The number of aryl methyl sites for hydroxylation is 1. The molecule has 2 rings (SSSR count). The summed E-state index contributed by atoms with van der Waals surface area (Å²) >= 11 is 6.09. The van der Waals surface area contributed by atoms with Gasteiger partial charge in [0.25, 0.3) is 0 Å². The number of hydrogen-bond acceptors (Lipinski definition) is 3. The highest BCUT2D eigenvalue weighted by Gasteiger charge is 2.03. The Bertz CT molecular complexity index is 635. The number of rotatable bonds is 5. The standard InChI is InChI=1S/C16H15ClN2O/c1-12-6-7-14(10-15(12)17)19-11-13-4-2-3-5-16(13)20-9-8-18/h2-7,10,19H,9,11H2,1H3. The van der Waals surface area contributed by atoms with E-state index in [0.717, 1.165) is 27.6 Å². The summed E-state index contributed by atoms with van der Waals surface area (Å²) in [5.41, 5.74) is 3.00. The van der Waals surface area contributed by atoms with Crippen LogP contribution in [0, 0.1) is 18.3 Å². The maximum Gasteiger partial charge on any atom is 0.174 e. The van der Waals surface area contributed by atoms with Gasteiger partial charge in [-0.3, -0.25) is 0 Å². The summed E-state index contributed by atoms with van der Waals surface area (Å²) in [7, 11) is 0. The zero-order valence-electron chi connectivity index (χ0n) is 11.2. The van der Waals surface area contributed by atoms with E-state index in [9.17, 15) is 0 Å². The fourth-order valence-corrected chi connectivity index (χ4v) is 1.98. The van der Waals surface area contributed by atoms with E-state index in [1.165, 1.54) is 0 Å². The van der Waals surface area contributed by atoms with Gasteiger partial charge in [-0.05, 0) is 30.7 Å². The zero-order chi connectivity index (χ0) is 14.4. The van der Waals surface area contributed by atoms with Crippen LogP contribution in [0.5, 0.6) is 5.75 Å². The summed E-state index contributed by atoms with van der Waals surface area (Å²) in [6.45, 7) is 2.63. The molecule has 0 unspecified atom stereocenters. The maximum atomic E-state index is 8.58. The lowest BCUT2D eigenvalue weighted by Crippen LogP contribution is -2.03. The number of para-hydroxylation sites is 1. The molecule has 2 aromatic rings. The molecule has 0 radical (unpaired) electrons. The lowest BCUT2D eigenvalue weighted by atomic mass is 10.2. The van der Waals surface area contributed by atoms with Gasteiger partial charge in [0.05, 0.1) is 0 Å². The van der Waals surface area contributed by atoms with Crippen molar-refractivity contribution >= 4 is 17.3 Å². The lowest BCUT2D eigenvalue weighted by Gasteiger charge is -2.11. The van der Waals surface area contributed by atoms with Gasteiger partial charge in [0.15, 0.2) is 6.61 Å². The molecule has 0 spiro atoms. The van der Waals surface area contributed by atoms with E-state index in [1.54, 1.807) is 0 Å². The molecule has 0 saturated heterocycles. The predicted octanol–water partition coefficient (Wildman–Crippen LogP) is 4.16. The number of hydrogen-bond donors (Lipinski definition) is 1. The molecule has 0 fully saturated rings. The van der Waals surface area contributed by atoms with Crippen LogP contribution >= 0.6 is 11.6 Å². The van der Waals surface area contributed by atoms with Crippen LogP contribution in [0.25, 0.3) is 0 Å². The highest BCUT2D eigenvalue weighted by molar-refractivity contribution is 6.31. The largest absolute Gasteiger partial charge is 0.478 e. The first kappa shape index (κ1) is 14.2. The molecule has 3 nitrogen and oxygen atoms in total. The minimum absolute atomic E-state index is 0.0490. The number of nitrogens with zero attached hydrogens (tertiary/aromatic N) is 1. The second-order valence-corrected chi connectivity index (χ2v) is 4.78. The number of ether oxygens (including phenoxy) is 1. The van der Waals surface area contributed by atoms with Crippen molar-refractivity contribution < 1.29 is 4.74 Å². The van der Waals surface area contributed by atoms with Crippen molar-refractivity contribution in [3.8, 4) is 11.8 Å². The molecular weight excluding hydrogens is 272 g/mol. The van der Waals surface area contributed by atoms with Gasteiger partial charge in [-0.2, -0.15) is 5.26 Å². The summed E-state index contributed by atoms with van der Waals surface area (Å²) in [5, 5.41) is 12.6. The number of nitrogens with one attached hydrogen (secondary N) is 1. The van der Waals surface area contributed by atoms with Crippen molar-refractivity contribution in [2.45, 2.75) is 13.5 Å². The second kappa shape index (κ2) is 6.83. The Morgan fingerprint density at radius 2 is 2.05 bits per heavy atom. The first-order valence-corrected chi connectivity index (χ1v) is 6.66. The molecule has 0 aliphatic carbocycles. The molecule has 4 heteroatoms. The van der Waals surface area contributed by atoms with E-state index in [4.69, 9.17) is 21.6 Å². The van der Waals surface area contributed by atoms with E-state index in [-0.39, 0.29) is 6.61 Å². The summed E-state index contributed by atoms with van der Waals surface area (Å²) in [4.78, 5) is 0. The van der Waals surface area contributed by atoms with Crippen LogP contribution in [-0.4, -0.2) is 6.61 Å². The summed E-state index contributed by atoms with van der Waals surface area (Å²) in [6.07, 6.45) is 0. The van der Waals surface area contributed by atoms with Crippen LogP contribution in [0.2, 0.25) is 5.02 Å². The Kier molecular flexibility index (Phi) is 4.86. The third-order valence-electron chi connectivity index (χ3n) is 2.92. The average Bonchev–Trinajstić information content (AvgIpc) is 2.47. The molecule has 0 aromatic heterocycles. The smallest absolute Gasteiger partial charge is 0.174 e. The molecule has 0 aliphatic heterocycles. The third-order valence-corrected chi connectivity index (χ3v) is 3.33. The second-order valence-electron chi connectivity index (χ2n) is 4.37. The van der Waals surface area contributed by atoms with Gasteiger partial charge in [-0.1, -0.05) is 35.9 Å². The molecule has 0 atom stereocenters. The third kappa shape index (κ3) is 3.66. The molecule has 0 heterocycles. The van der Waals surface area contributed by atoms with E-state index in [0.29, 0.717) is 6.54 Å². The van der Waals surface area contributed by atoms with Gasteiger partial charge >= 0.3 is 0 Å². The Morgan fingerprint density at radius 3 is 2.80 bits per heavy atom. The number of halogens is 1. The van der Waals surface area contributed by atoms with Crippen molar-refractivity contribution in [2.24, 2.45) is 0 Å². The Labute approximate surface area is 123 Å². The van der Waals surface area contributed by atoms with Crippen LogP contribution in [-0.2, 0) is 6.54 Å². The normalized spacial score (nSPS) is 9.85. The van der Waals surface area contributed by atoms with Gasteiger partial charge in [-0.15, -0.1) is 0 Å². The number of nitriles is 1. The van der Waals surface area contributed by atoms with Crippen LogP contribution in [0.3, 0.4) is 0 Å².